The highest BCUT2D eigenvalue weighted by Gasteiger charge is 2.35. The summed E-state index contributed by atoms with van der Waals surface area (Å²) in [6.07, 6.45) is 6.97. The zero-order chi connectivity index (χ0) is 11.8. The van der Waals surface area contributed by atoms with E-state index >= 15 is 0 Å². The summed E-state index contributed by atoms with van der Waals surface area (Å²) in [5.41, 5.74) is 6.41. The SMILES string of the molecule is N=C(N)c1cccnc1N(CC1CC1)C1CC1. The van der Waals surface area contributed by atoms with Gasteiger partial charge in [-0.25, -0.2) is 4.98 Å². The van der Waals surface area contributed by atoms with Crippen molar-refractivity contribution in [2.45, 2.75) is 31.7 Å². The Bertz CT molecular complexity index is 435. The van der Waals surface area contributed by atoms with E-state index in [0.29, 0.717) is 6.04 Å². The lowest BCUT2D eigenvalue weighted by molar-refractivity contribution is 0.708. The molecule has 2 aliphatic carbocycles. The van der Waals surface area contributed by atoms with Gasteiger partial charge >= 0.3 is 0 Å². The Morgan fingerprint density at radius 2 is 2.18 bits per heavy atom. The predicted molar refractivity (Wildman–Crippen MR) is 68.3 cm³/mol. The second-order valence-corrected chi connectivity index (χ2v) is 5.12. The third-order valence-corrected chi connectivity index (χ3v) is 3.49. The van der Waals surface area contributed by atoms with Crippen LogP contribution in [0.5, 0.6) is 0 Å². The third-order valence-electron chi connectivity index (χ3n) is 3.49. The molecule has 0 atom stereocenters. The van der Waals surface area contributed by atoms with Crippen LogP contribution < -0.4 is 10.6 Å². The number of nitrogens with zero attached hydrogens (tertiary/aromatic N) is 2. The minimum Gasteiger partial charge on any atom is -0.384 e. The smallest absolute Gasteiger partial charge is 0.139 e. The van der Waals surface area contributed by atoms with Crippen molar-refractivity contribution in [2.24, 2.45) is 11.7 Å². The molecule has 3 rings (SSSR count). The van der Waals surface area contributed by atoms with Crippen molar-refractivity contribution in [2.75, 3.05) is 11.4 Å². The molecule has 0 saturated heterocycles. The molecular weight excluding hydrogens is 212 g/mol. The molecule has 0 unspecified atom stereocenters. The van der Waals surface area contributed by atoms with E-state index in [1.807, 2.05) is 12.1 Å². The Kier molecular flexibility index (Phi) is 2.50. The molecule has 1 aromatic rings. The number of anilines is 1. The van der Waals surface area contributed by atoms with Gasteiger partial charge in [-0.15, -0.1) is 0 Å². The summed E-state index contributed by atoms with van der Waals surface area (Å²) in [6.45, 7) is 1.09. The first-order chi connectivity index (χ1) is 8.25. The number of hydrogen-bond donors (Lipinski definition) is 2. The van der Waals surface area contributed by atoms with E-state index in [4.69, 9.17) is 11.1 Å². The summed E-state index contributed by atoms with van der Waals surface area (Å²) in [5.74, 6) is 1.86. The monoisotopic (exact) mass is 230 g/mol. The lowest BCUT2D eigenvalue weighted by Gasteiger charge is -2.25. The quantitative estimate of drug-likeness (QED) is 0.598. The van der Waals surface area contributed by atoms with Crippen LogP contribution in [0.25, 0.3) is 0 Å². The van der Waals surface area contributed by atoms with Gasteiger partial charge in [0.25, 0.3) is 0 Å². The van der Waals surface area contributed by atoms with E-state index < -0.39 is 0 Å². The first-order valence-electron chi connectivity index (χ1n) is 6.32. The molecule has 0 aliphatic heterocycles. The largest absolute Gasteiger partial charge is 0.384 e. The zero-order valence-electron chi connectivity index (χ0n) is 9.89. The molecule has 0 amide bonds. The summed E-state index contributed by atoms with van der Waals surface area (Å²) in [7, 11) is 0. The van der Waals surface area contributed by atoms with Crippen LogP contribution in [0.4, 0.5) is 5.82 Å². The van der Waals surface area contributed by atoms with E-state index in [-0.39, 0.29) is 5.84 Å². The molecule has 3 N–H and O–H groups in total. The number of nitrogens with one attached hydrogen (secondary N) is 1. The number of nitrogens with two attached hydrogens (primary N) is 1. The first-order valence-corrected chi connectivity index (χ1v) is 6.32. The summed E-state index contributed by atoms with van der Waals surface area (Å²) >= 11 is 0. The number of aromatic nitrogens is 1. The van der Waals surface area contributed by atoms with E-state index in [9.17, 15) is 0 Å². The summed E-state index contributed by atoms with van der Waals surface area (Å²) < 4.78 is 0. The molecule has 0 radical (unpaired) electrons. The number of pyridine rings is 1. The van der Waals surface area contributed by atoms with Gasteiger partial charge in [-0.05, 0) is 43.7 Å². The summed E-state index contributed by atoms with van der Waals surface area (Å²) in [4.78, 5) is 6.82. The van der Waals surface area contributed by atoms with Crippen molar-refractivity contribution in [1.29, 1.82) is 5.41 Å². The fourth-order valence-electron chi connectivity index (χ4n) is 2.21. The minimum atomic E-state index is 0.120. The molecule has 2 aliphatic rings. The van der Waals surface area contributed by atoms with Gasteiger partial charge in [-0.3, -0.25) is 5.41 Å². The van der Waals surface area contributed by atoms with E-state index in [2.05, 4.69) is 9.88 Å². The van der Waals surface area contributed by atoms with Gasteiger partial charge in [0.15, 0.2) is 0 Å². The predicted octanol–water partition coefficient (Wildman–Crippen LogP) is 1.74. The molecule has 0 aromatic carbocycles. The van der Waals surface area contributed by atoms with Gasteiger partial charge in [0, 0.05) is 18.8 Å². The van der Waals surface area contributed by atoms with Crippen molar-refractivity contribution in [3.8, 4) is 0 Å². The fraction of sp³-hybridized carbons (Fsp3) is 0.538. The number of nitrogen functional groups attached to an aromatic ring is 1. The Balaban J connectivity index is 1.90. The van der Waals surface area contributed by atoms with Gasteiger partial charge in [0.2, 0.25) is 0 Å². The fourth-order valence-corrected chi connectivity index (χ4v) is 2.21. The molecular formula is C13H18N4. The maximum Gasteiger partial charge on any atom is 0.139 e. The molecule has 4 nitrogen and oxygen atoms in total. The van der Waals surface area contributed by atoms with Gasteiger partial charge < -0.3 is 10.6 Å². The van der Waals surface area contributed by atoms with Crippen LogP contribution in [-0.2, 0) is 0 Å². The second kappa shape index (κ2) is 4.02. The van der Waals surface area contributed by atoms with Crippen molar-refractivity contribution >= 4 is 11.7 Å². The number of amidine groups is 1. The van der Waals surface area contributed by atoms with Crippen molar-refractivity contribution in [3.63, 3.8) is 0 Å². The molecule has 0 spiro atoms. The molecule has 90 valence electrons. The average molecular weight is 230 g/mol. The Labute approximate surface area is 101 Å². The highest BCUT2D eigenvalue weighted by Crippen LogP contribution is 2.37. The van der Waals surface area contributed by atoms with Crippen LogP contribution in [0.1, 0.15) is 31.2 Å². The maximum atomic E-state index is 7.64. The molecule has 4 heteroatoms. The summed E-state index contributed by atoms with van der Waals surface area (Å²) in [5, 5.41) is 7.64. The highest BCUT2D eigenvalue weighted by atomic mass is 15.2. The lowest BCUT2D eigenvalue weighted by atomic mass is 10.2. The standard InChI is InChI=1S/C13H18N4/c14-12(15)11-2-1-7-16-13(11)17(10-5-6-10)8-9-3-4-9/h1-2,7,9-10H,3-6,8H2,(H3,14,15). The molecule has 17 heavy (non-hydrogen) atoms. The van der Waals surface area contributed by atoms with Crippen LogP contribution in [0, 0.1) is 11.3 Å². The van der Waals surface area contributed by atoms with Crippen LogP contribution in [-0.4, -0.2) is 23.4 Å². The number of rotatable bonds is 5. The maximum absolute atomic E-state index is 7.64. The molecule has 2 fully saturated rings. The molecule has 1 heterocycles. The summed E-state index contributed by atoms with van der Waals surface area (Å²) in [6, 6.07) is 4.37. The average Bonchev–Trinajstić information content (AvgIpc) is 3.17. The van der Waals surface area contributed by atoms with E-state index in [1.165, 1.54) is 25.7 Å². The molecule has 1 aromatic heterocycles. The van der Waals surface area contributed by atoms with Crippen LogP contribution in [0.3, 0.4) is 0 Å². The van der Waals surface area contributed by atoms with E-state index in [0.717, 1.165) is 23.8 Å². The van der Waals surface area contributed by atoms with Crippen LogP contribution >= 0.6 is 0 Å². The van der Waals surface area contributed by atoms with Gasteiger partial charge in [-0.1, -0.05) is 0 Å². The van der Waals surface area contributed by atoms with Crippen molar-refractivity contribution in [1.82, 2.24) is 4.98 Å². The van der Waals surface area contributed by atoms with Gasteiger partial charge in [-0.2, -0.15) is 0 Å². The molecule has 0 bridgehead atoms. The molecule has 2 saturated carbocycles. The Morgan fingerprint density at radius 3 is 2.76 bits per heavy atom. The van der Waals surface area contributed by atoms with Crippen LogP contribution in [0.15, 0.2) is 18.3 Å². The third kappa shape index (κ3) is 2.25. The van der Waals surface area contributed by atoms with Gasteiger partial charge in [0.1, 0.15) is 11.7 Å². The van der Waals surface area contributed by atoms with Crippen molar-refractivity contribution in [3.05, 3.63) is 23.9 Å². The van der Waals surface area contributed by atoms with Gasteiger partial charge in [0.05, 0.1) is 5.56 Å². The Hall–Kier alpha value is -1.58. The highest BCUT2D eigenvalue weighted by molar-refractivity contribution is 5.99. The lowest BCUT2D eigenvalue weighted by Crippen LogP contribution is -2.31. The van der Waals surface area contributed by atoms with Crippen molar-refractivity contribution < 1.29 is 0 Å². The number of hydrogen-bond acceptors (Lipinski definition) is 3. The Morgan fingerprint density at radius 1 is 1.41 bits per heavy atom. The first kappa shape index (κ1) is 10.6. The minimum absolute atomic E-state index is 0.120. The normalized spacial score (nSPS) is 19.1. The zero-order valence-corrected chi connectivity index (χ0v) is 9.89. The van der Waals surface area contributed by atoms with Crippen LogP contribution in [0.2, 0.25) is 0 Å². The van der Waals surface area contributed by atoms with E-state index in [1.54, 1.807) is 6.20 Å². The topological polar surface area (TPSA) is 66.0 Å². The second-order valence-electron chi connectivity index (χ2n) is 5.12.